The van der Waals surface area contributed by atoms with Crippen LogP contribution in [-0.2, 0) is 10.0 Å². The molecule has 4 nitrogen and oxygen atoms in total. The van der Waals surface area contributed by atoms with Gasteiger partial charge in [-0.2, -0.15) is 0 Å². The number of rotatable bonds is 4. The SMILES string of the molecule is CC(C)c1cccc(S(=O)(=O)NC2CCCNC2)c1.Cl. The fraction of sp³-hybridized carbons (Fsp3) is 0.571. The first kappa shape index (κ1) is 17.4. The minimum Gasteiger partial charge on any atom is -0.315 e. The van der Waals surface area contributed by atoms with E-state index in [1.807, 2.05) is 12.1 Å². The molecule has 0 aliphatic carbocycles. The molecular formula is C14H23ClN2O2S. The summed E-state index contributed by atoms with van der Waals surface area (Å²) < 4.78 is 27.5. The van der Waals surface area contributed by atoms with E-state index < -0.39 is 10.0 Å². The molecule has 2 N–H and O–H groups in total. The lowest BCUT2D eigenvalue weighted by Crippen LogP contribution is -2.45. The van der Waals surface area contributed by atoms with E-state index in [0.717, 1.165) is 24.9 Å². The zero-order chi connectivity index (χ0) is 13.9. The van der Waals surface area contributed by atoms with Crippen molar-refractivity contribution >= 4 is 22.4 Å². The van der Waals surface area contributed by atoms with E-state index >= 15 is 0 Å². The Hall–Kier alpha value is -0.620. The van der Waals surface area contributed by atoms with Crippen molar-refractivity contribution in [2.24, 2.45) is 0 Å². The summed E-state index contributed by atoms with van der Waals surface area (Å²) in [6, 6.07) is 7.20. The van der Waals surface area contributed by atoms with Gasteiger partial charge in [-0.1, -0.05) is 26.0 Å². The highest BCUT2D eigenvalue weighted by Gasteiger charge is 2.21. The molecule has 1 heterocycles. The van der Waals surface area contributed by atoms with Gasteiger partial charge in [0, 0.05) is 12.6 Å². The average Bonchev–Trinajstić information content (AvgIpc) is 2.39. The van der Waals surface area contributed by atoms with E-state index in [4.69, 9.17) is 0 Å². The number of benzene rings is 1. The third kappa shape index (κ3) is 4.45. The van der Waals surface area contributed by atoms with Crippen LogP contribution in [0.5, 0.6) is 0 Å². The molecular weight excluding hydrogens is 296 g/mol. The lowest BCUT2D eigenvalue weighted by atomic mass is 10.0. The second kappa shape index (κ2) is 7.41. The molecule has 0 bridgehead atoms. The summed E-state index contributed by atoms with van der Waals surface area (Å²) in [5, 5.41) is 3.21. The van der Waals surface area contributed by atoms with Gasteiger partial charge in [0.2, 0.25) is 10.0 Å². The molecule has 1 aromatic rings. The van der Waals surface area contributed by atoms with Crippen molar-refractivity contribution in [2.75, 3.05) is 13.1 Å². The fourth-order valence-electron chi connectivity index (χ4n) is 2.28. The van der Waals surface area contributed by atoms with E-state index in [9.17, 15) is 8.42 Å². The van der Waals surface area contributed by atoms with Crippen LogP contribution in [0.25, 0.3) is 0 Å². The lowest BCUT2D eigenvalue weighted by Gasteiger charge is -2.23. The van der Waals surface area contributed by atoms with Gasteiger partial charge < -0.3 is 5.32 Å². The minimum absolute atomic E-state index is 0. The molecule has 0 radical (unpaired) electrons. The van der Waals surface area contributed by atoms with Crippen molar-refractivity contribution < 1.29 is 8.42 Å². The topological polar surface area (TPSA) is 58.2 Å². The zero-order valence-electron chi connectivity index (χ0n) is 11.9. The van der Waals surface area contributed by atoms with E-state index in [-0.39, 0.29) is 18.4 Å². The summed E-state index contributed by atoms with van der Waals surface area (Å²) in [5.41, 5.74) is 1.05. The molecule has 1 aromatic carbocycles. The van der Waals surface area contributed by atoms with Gasteiger partial charge in [0.15, 0.2) is 0 Å². The maximum atomic E-state index is 12.3. The highest BCUT2D eigenvalue weighted by molar-refractivity contribution is 7.89. The Morgan fingerprint density at radius 1 is 1.35 bits per heavy atom. The zero-order valence-corrected chi connectivity index (χ0v) is 13.6. The third-order valence-electron chi connectivity index (χ3n) is 3.45. The van der Waals surface area contributed by atoms with Crippen molar-refractivity contribution in [3.63, 3.8) is 0 Å². The average molecular weight is 319 g/mol. The molecule has 0 spiro atoms. The summed E-state index contributed by atoms with van der Waals surface area (Å²) >= 11 is 0. The summed E-state index contributed by atoms with van der Waals surface area (Å²) in [6.45, 7) is 5.80. The molecule has 1 unspecified atom stereocenters. The number of sulfonamides is 1. The molecule has 0 saturated carbocycles. The summed E-state index contributed by atoms with van der Waals surface area (Å²) in [6.07, 6.45) is 1.91. The van der Waals surface area contributed by atoms with E-state index in [1.165, 1.54) is 0 Å². The van der Waals surface area contributed by atoms with Crippen molar-refractivity contribution in [3.05, 3.63) is 29.8 Å². The van der Waals surface area contributed by atoms with Crippen LogP contribution in [0.4, 0.5) is 0 Å². The number of hydrogen-bond acceptors (Lipinski definition) is 3. The Morgan fingerprint density at radius 2 is 2.10 bits per heavy atom. The maximum absolute atomic E-state index is 12.3. The van der Waals surface area contributed by atoms with Crippen LogP contribution in [0.2, 0.25) is 0 Å². The van der Waals surface area contributed by atoms with Gasteiger partial charge in [0.1, 0.15) is 0 Å². The fourth-order valence-corrected chi connectivity index (χ4v) is 3.61. The maximum Gasteiger partial charge on any atom is 0.240 e. The first-order chi connectivity index (χ1) is 8.99. The van der Waals surface area contributed by atoms with Crippen LogP contribution in [0.3, 0.4) is 0 Å². The molecule has 1 saturated heterocycles. The second-order valence-electron chi connectivity index (χ2n) is 5.39. The molecule has 1 fully saturated rings. The second-order valence-corrected chi connectivity index (χ2v) is 7.11. The lowest BCUT2D eigenvalue weighted by molar-refractivity contribution is 0.428. The normalized spacial score (nSPS) is 19.6. The molecule has 0 aromatic heterocycles. The smallest absolute Gasteiger partial charge is 0.240 e. The molecule has 1 aliphatic rings. The van der Waals surface area contributed by atoms with Crippen LogP contribution in [0.15, 0.2) is 29.2 Å². The van der Waals surface area contributed by atoms with Gasteiger partial charge in [-0.15, -0.1) is 12.4 Å². The van der Waals surface area contributed by atoms with Crippen molar-refractivity contribution in [1.82, 2.24) is 10.0 Å². The van der Waals surface area contributed by atoms with Gasteiger partial charge in [0.05, 0.1) is 4.90 Å². The highest BCUT2D eigenvalue weighted by atomic mass is 35.5. The first-order valence-electron chi connectivity index (χ1n) is 6.82. The van der Waals surface area contributed by atoms with Gasteiger partial charge in [-0.3, -0.25) is 0 Å². The van der Waals surface area contributed by atoms with Gasteiger partial charge >= 0.3 is 0 Å². The molecule has 0 amide bonds. The molecule has 1 atom stereocenters. The number of nitrogens with one attached hydrogen (secondary N) is 2. The van der Waals surface area contributed by atoms with Crippen LogP contribution in [0.1, 0.15) is 38.2 Å². The standard InChI is InChI=1S/C14H22N2O2S.ClH/c1-11(2)12-5-3-7-14(9-12)19(17,18)16-13-6-4-8-15-10-13;/h3,5,7,9,11,13,15-16H,4,6,8,10H2,1-2H3;1H. The first-order valence-corrected chi connectivity index (χ1v) is 8.30. The number of halogens is 1. The molecule has 1 aliphatic heterocycles. The highest BCUT2D eigenvalue weighted by Crippen LogP contribution is 2.19. The molecule has 114 valence electrons. The number of piperidine rings is 1. The quantitative estimate of drug-likeness (QED) is 0.895. The largest absolute Gasteiger partial charge is 0.315 e. The van der Waals surface area contributed by atoms with E-state index in [2.05, 4.69) is 23.9 Å². The Kier molecular flexibility index (Phi) is 6.45. The van der Waals surface area contributed by atoms with Crippen molar-refractivity contribution in [3.8, 4) is 0 Å². The molecule has 20 heavy (non-hydrogen) atoms. The Balaban J connectivity index is 0.00000200. The van der Waals surface area contributed by atoms with Crippen LogP contribution < -0.4 is 10.0 Å². The Labute approximate surface area is 127 Å². The summed E-state index contributed by atoms with van der Waals surface area (Å²) in [5.74, 6) is 0.325. The van der Waals surface area contributed by atoms with Crippen molar-refractivity contribution in [2.45, 2.75) is 43.5 Å². The van der Waals surface area contributed by atoms with Gasteiger partial charge in [-0.05, 0) is 43.0 Å². The predicted octanol–water partition coefficient (Wildman–Crippen LogP) is 2.26. The minimum atomic E-state index is -3.41. The predicted molar refractivity (Wildman–Crippen MR) is 84.0 cm³/mol. The van der Waals surface area contributed by atoms with E-state index in [0.29, 0.717) is 17.4 Å². The third-order valence-corrected chi connectivity index (χ3v) is 4.97. The van der Waals surface area contributed by atoms with Crippen molar-refractivity contribution in [1.29, 1.82) is 0 Å². The number of hydrogen-bond donors (Lipinski definition) is 2. The van der Waals surface area contributed by atoms with Crippen LogP contribution >= 0.6 is 12.4 Å². The van der Waals surface area contributed by atoms with Gasteiger partial charge in [0.25, 0.3) is 0 Å². The summed E-state index contributed by atoms with van der Waals surface area (Å²) in [7, 11) is -3.41. The van der Waals surface area contributed by atoms with Crippen LogP contribution in [-0.4, -0.2) is 27.5 Å². The molecule has 6 heteroatoms. The monoisotopic (exact) mass is 318 g/mol. The van der Waals surface area contributed by atoms with E-state index in [1.54, 1.807) is 12.1 Å². The van der Waals surface area contributed by atoms with Gasteiger partial charge in [-0.25, -0.2) is 13.1 Å². The summed E-state index contributed by atoms with van der Waals surface area (Å²) in [4.78, 5) is 0.365. The van der Waals surface area contributed by atoms with Crippen LogP contribution in [0, 0.1) is 0 Å². The Morgan fingerprint density at radius 3 is 2.70 bits per heavy atom. The molecule has 2 rings (SSSR count). The Bertz CT molecular complexity index is 526.